The summed E-state index contributed by atoms with van der Waals surface area (Å²) in [7, 11) is 1.93. The summed E-state index contributed by atoms with van der Waals surface area (Å²) < 4.78 is 7.42. The minimum atomic E-state index is -0.435. The van der Waals surface area contributed by atoms with Gasteiger partial charge >= 0.3 is 6.09 Å². The Kier molecular flexibility index (Phi) is 4.26. The summed E-state index contributed by atoms with van der Waals surface area (Å²) in [4.78, 5) is 34.9. The lowest BCUT2D eigenvalue weighted by Crippen LogP contribution is -2.36. The molecule has 8 nitrogen and oxygen atoms in total. The van der Waals surface area contributed by atoms with Crippen LogP contribution >= 0.6 is 0 Å². The normalized spacial score (nSPS) is 23.1. The number of amides is 2. The summed E-state index contributed by atoms with van der Waals surface area (Å²) in [5, 5.41) is 2.74. The number of hydrogen-bond donors (Lipinski definition) is 1. The van der Waals surface area contributed by atoms with Gasteiger partial charge in [-0.05, 0) is 25.0 Å². The molecule has 0 saturated carbocycles. The van der Waals surface area contributed by atoms with Crippen LogP contribution in [0, 0.1) is 0 Å². The number of pyridine rings is 1. The maximum atomic E-state index is 12.7. The zero-order valence-corrected chi connectivity index (χ0v) is 14.9. The number of aromatic nitrogens is 3. The molecule has 0 bridgehead atoms. The summed E-state index contributed by atoms with van der Waals surface area (Å²) in [6.07, 6.45) is 4.74. The Bertz CT molecular complexity index is 848. The quantitative estimate of drug-likeness (QED) is 0.897. The van der Waals surface area contributed by atoms with E-state index in [1.54, 1.807) is 6.20 Å². The van der Waals surface area contributed by atoms with E-state index >= 15 is 0 Å². The highest BCUT2D eigenvalue weighted by molar-refractivity contribution is 5.77. The van der Waals surface area contributed by atoms with Crippen LogP contribution in [0.3, 0.4) is 0 Å². The van der Waals surface area contributed by atoms with Gasteiger partial charge in [0.1, 0.15) is 16.9 Å². The van der Waals surface area contributed by atoms with Crippen LogP contribution in [-0.2, 0) is 23.0 Å². The number of hydrogen-bond acceptors (Lipinski definition) is 5. The van der Waals surface area contributed by atoms with Crippen molar-refractivity contribution in [1.82, 2.24) is 24.8 Å². The molecule has 1 N–H and O–H groups in total. The maximum Gasteiger partial charge on any atom is 0.407 e. The molecule has 2 aliphatic rings. The standard InChI is InChI=1S/C18H23N5O3/c1-22-14(21-13-4-2-9-19-16(13)22)5-6-15(24)23-10-3-7-18(8-11-23)12-20-17(25)26-18/h2,4,9H,3,5-8,10-12H2,1H3,(H,20,25). The molecule has 0 aliphatic carbocycles. The van der Waals surface area contributed by atoms with E-state index in [0.29, 0.717) is 38.9 Å². The van der Waals surface area contributed by atoms with Crippen molar-refractivity contribution in [2.75, 3.05) is 19.6 Å². The molecule has 138 valence electrons. The summed E-state index contributed by atoms with van der Waals surface area (Å²) in [6.45, 7) is 1.88. The Morgan fingerprint density at radius 2 is 2.27 bits per heavy atom. The van der Waals surface area contributed by atoms with Gasteiger partial charge in [0.25, 0.3) is 0 Å². The molecule has 26 heavy (non-hydrogen) atoms. The van der Waals surface area contributed by atoms with Crippen molar-refractivity contribution < 1.29 is 14.3 Å². The summed E-state index contributed by atoms with van der Waals surface area (Å²) in [6, 6.07) is 3.79. The number of nitrogens with zero attached hydrogens (tertiary/aromatic N) is 4. The molecule has 2 saturated heterocycles. The maximum absolute atomic E-state index is 12.7. The van der Waals surface area contributed by atoms with E-state index in [-0.39, 0.29) is 12.0 Å². The van der Waals surface area contributed by atoms with Gasteiger partial charge in [-0.15, -0.1) is 0 Å². The first kappa shape index (κ1) is 16.8. The van der Waals surface area contributed by atoms with Gasteiger partial charge in [-0.25, -0.2) is 14.8 Å². The molecule has 1 spiro atoms. The van der Waals surface area contributed by atoms with Crippen molar-refractivity contribution >= 4 is 23.2 Å². The van der Waals surface area contributed by atoms with Crippen molar-refractivity contribution in [2.24, 2.45) is 7.05 Å². The number of rotatable bonds is 3. The van der Waals surface area contributed by atoms with Gasteiger partial charge in [0.2, 0.25) is 5.91 Å². The van der Waals surface area contributed by atoms with Crippen molar-refractivity contribution in [3.05, 3.63) is 24.2 Å². The number of fused-ring (bicyclic) bond motifs is 1. The van der Waals surface area contributed by atoms with Crippen LogP contribution in [0.25, 0.3) is 11.2 Å². The summed E-state index contributed by atoms with van der Waals surface area (Å²) in [5.41, 5.74) is 1.25. The molecule has 2 fully saturated rings. The van der Waals surface area contributed by atoms with Gasteiger partial charge in [0.05, 0.1) is 6.54 Å². The molecule has 4 heterocycles. The van der Waals surface area contributed by atoms with Gasteiger partial charge in [-0.1, -0.05) is 0 Å². The zero-order valence-electron chi connectivity index (χ0n) is 14.9. The monoisotopic (exact) mass is 357 g/mol. The van der Waals surface area contributed by atoms with Crippen LogP contribution in [0.15, 0.2) is 18.3 Å². The van der Waals surface area contributed by atoms with Crippen molar-refractivity contribution in [3.63, 3.8) is 0 Å². The van der Waals surface area contributed by atoms with E-state index in [0.717, 1.165) is 29.8 Å². The predicted octanol–water partition coefficient (Wildman–Crippen LogP) is 1.39. The number of imidazole rings is 1. The molecule has 2 aromatic heterocycles. The largest absolute Gasteiger partial charge is 0.441 e. The third kappa shape index (κ3) is 3.11. The third-order valence-corrected chi connectivity index (χ3v) is 5.40. The lowest BCUT2D eigenvalue weighted by Gasteiger charge is -2.25. The average molecular weight is 357 g/mol. The zero-order chi connectivity index (χ0) is 18.1. The Morgan fingerprint density at radius 3 is 3.04 bits per heavy atom. The van der Waals surface area contributed by atoms with E-state index in [9.17, 15) is 9.59 Å². The molecule has 0 aromatic carbocycles. The lowest BCUT2D eigenvalue weighted by molar-refractivity contribution is -0.131. The van der Waals surface area contributed by atoms with Crippen LogP contribution in [0.4, 0.5) is 4.79 Å². The van der Waals surface area contributed by atoms with Crippen LogP contribution in [0.5, 0.6) is 0 Å². The topological polar surface area (TPSA) is 89.4 Å². The third-order valence-electron chi connectivity index (χ3n) is 5.40. The average Bonchev–Trinajstić information content (AvgIpc) is 3.07. The summed E-state index contributed by atoms with van der Waals surface area (Å²) in [5.74, 6) is 0.992. The second-order valence-electron chi connectivity index (χ2n) is 7.09. The van der Waals surface area contributed by atoms with Gasteiger partial charge in [0.15, 0.2) is 5.65 Å². The van der Waals surface area contributed by atoms with Gasteiger partial charge in [0, 0.05) is 45.6 Å². The van der Waals surface area contributed by atoms with Crippen LogP contribution in [0.2, 0.25) is 0 Å². The molecule has 1 atom stereocenters. The number of ether oxygens (including phenoxy) is 1. The molecule has 4 rings (SSSR count). The predicted molar refractivity (Wildman–Crippen MR) is 94.5 cm³/mol. The Balaban J connectivity index is 1.37. The van der Waals surface area contributed by atoms with Crippen molar-refractivity contribution in [2.45, 2.75) is 37.7 Å². The molecule has 2 aromatic rings. The number of nitrogens with one attached hydrogen (secondary N) is 1. The number of aryl methyl sites for hydroxylation is 2. The first-order chi connectivity index (χ1) is 12.6. The molecule has 2 aliphatic heterocycles. The van der Waals surface area contributed by atoms with E-state index in [2.05, 4.69) is 15.3 Å². The highest BCUT2D eigenvalue weighted by Gasteiger charge is 2.41. The van der Waals surface area contributed by atoms with Crippen LogP contribution in [-0.4, -0.2) is 56.7 Å². The molecular formula is C18H23N5O3. The Morgan fingerprint density at radius 1 is 1.38 bits per heavy atom. The van der Waals surface area contributed by atoms with E-state index in [4.69, 9.17) is 4.74 Å². The second-order valence-corrected chi connectivity index (χ2v) is 7.09. The SMILES string of the molecule is Cn1c(CCC(=O)N2CCCC3(CC2)CNC(=O)O3)nc2cccnc21. The molecule has 2 amide bonds. The fourth-order valence-corrected chi connectivity index (χ4v) is 3.87. The Hall–Kier alpha value is -2.64. The smallest absolute Gasteiger partial charge is 0.407 e. The Labute approximate surface area is 151 Å². The first-order valence-electron chi connectivity index (χ1n) is 9.07. The van der Waals surface area contributed by atoms with Gasteiger partial charge < -0.3 is 19.5 Å². The fourth-order valence-electron chi connectivity index (χ4n) is 3.87. The molecule has 0 radical (unpaired) electrons. The molecular weight excluding hydrogens is 334 g/mol. The highest BCUT2D eigenvalue weighted by Crippen LogP contribution is 2.29. The van der Waals surface area contributed by atoms with E-state index < -0.39 is 5.60 Å². The van der Waals surface area contributed by atoms with Crippen LogP contribution < -0.4 is 5.32 Å². The molecule has 8 heteroatoms. The van der Waals surface area contributed by atoms with Gasteiger partial charge in [-0.2, -0.15) is 0 Å². The number of carbonyl (C=O) groups is 2. The minimum Gasteiger partial charge on any atom is -0.441 e. The second kappa shape index (κ2) is 6.59. The number of likely N-dealkylation sites (tertiary alicyclic amines) is 1. The van der Waals surface area contributed by atoms with Gasteiger partial charge in [-0.3, -0.25) is 4.79 Å². The lowest BCUT2D eigenvalue weighted by atomic mass is 9.95. The molecule has 1 unspecified atom stereocenters. The van der Waals surface area contributed by atoms with E-state index in [1.807, 2.05) is 28.6 Å². The van der Waals surface area contributed by atoms with E-state index in [1.165, 1.54) is 0 Å². The fraction of sp³-hybridized carbons (Fsp3) is 0.556. The first-order valence-corrected chi connectivity index (χ1v) is 9.07. The van der Waals surface area contributed by atoms with Crippen molar-refractivity contribution in [1.29, 1.82) is 0 Å². The number of alkyl carbamates (subject to hydrolysis) is 1. The summed E-state index contributed by atoms with van der Waals surface area (Å²) >= 11 is 0. The van der Waals surface area contributed by atoms with Crippen LogP contribution in [0.1, 0.15) is 31.5 Å². The number of carbonyl (C=O) groups excluding carboxylic acids is 2. The van der Waals surface area contributed by atoms with Crippen molar-refractivity contribution in [3.8, 4) is 0 Å². The highest BCUT2D eigenvalue weighted by atomic mass is 16.6. The minimum absolute atomic E-state index is 0.124.